The lowest BCUT2D eigenvalue weighted by atomic mass is 10.2. The Morgan fingerprint density at radius 1 is 1.15 bits per heavy atom. The molecular weight excluding hydrogens is 354 g/mol. The van der Waals surface area contributed by atoms with E-state index in [4.69, 9.17) is 21.1 Å². The highest BCUT2D eigenvalue weighted by atomic mass is 35.5. The number of hydrogen-bond donors (Lipinski definition) is 2. The fourth-order valence-corrected chi connectivity index (χ4v) is 2.73. The molecule has 0 saturated carbocycles. The van der Waals surface area contributed by atoms with E-state index in [0.717, 1.165) is 28.3 Å². The van der Waals surface area contributed by atoms with E-state index in [1.807, 2.05) is 43.3 Å². The third-order valence-electron chi connectivity index (χ3n) is 3.98. The lowest BCUT2D eigenvalue weighted by Gasteiger charge is -2.10. The molecule has 0 atom stereocenters. The molecule has 8 heteroatoms. The van der Waals surface area contributed by atoms with Gasteiger partial charge in [-0.1, -0.05) is 23.7 Å². The molecule has 132 valence electrons. The van der Waals surface area contributed by atoms with E-state index in [1.54, 1.807) is 6.20 Å². The molecule has 1 aliphatic heterocycles. The zero-order chi connectivity index (χ0) is 17.9. The van der Waals surface area contributed by atoms with Crippen molar-refractivity contribution in [2.45, 2.75) is 13.5 Å². The number of fused-ring (bicyclic) bond motifs is 1. The van der Waals surface area contributed by atoms with Crippen LogP contribution in [0.15, 0.2) is 42.6 Å². The first kappa shape index (κ1) is 16.4. The zero-order valence-corrected chi connectivity index (χ0v) is 14.7. The smallest absolute Gasteiger partial charge is 0.244 e. The van der Waals surface area contributed by atoms with Crippen molar-refractivity contribution in [2.24, 2.45) is 0 Å². The molecule has 0 unspecified atom stereocenters. The second kappa shape index (κ2) is 7.05. The number of anilines is 3. The van der Waals surface area contributed by atoms with Crippen molar-refractivity contribution in [3.63, 3.8) is 0 Å². The molecule has 1 aromatic heterocycles. The number of benzene rings is 2. The standard InChI is InChI=1S/C18H16ClN5O2/c1-11-13(19)3-2-4-14(11)22-17-9-21-24-18(23-17)20-8-12-5-6-15-16(7-12)26-10-25-15/h2-7,9H,8,10H2,1H3,(H2,20,22,23,24). The van der Waals surface area contributed by atoms with E-state index in [1.165, 1.54) is 0 Å². The lowest BCUT2D eigenvalue weighted by molar-refractivity contribution is 0.174. The SMILES string of the molecule is Cc1c(Cl)cccc1Nc1cnnc(NCc2ccc3c(c2)OCO3)n1. The maximum atomic E-state index is 6.15. The molecule has 7 nitrogen and oxygen atoms in total. The number of ether oxygens (including phenoxy) is 2. The number of hydrogen-bond acceptors (Lipinski definition) is 7. The van der Waals surface area contributed by atoms with Crippen LogP contribution in [0.5, 0.6) is 11.5 Å². The van der Waals surface area contributed by atoms with Crippen LogP contribution in [-0.4, -0.2) is 22.0 Å². The van der Waals surface area contributed by atoms with Gasteiger partial charge in [0.05, 0.1) is 6.20 Å². The molecule has 1 aliphatic rings. The summed E-state index contributed by atoms with van der Waals surface area (Å²) in [5, 5.41) is 15.1. The number of nitrogens with zero attached hydrogens (tertiary/aromatic N) is 3. The molecule has 0 bridgehead atoms. The minimum absolute atomic E-state index is 0.260. The molecule has 0 saturated heterocycles. The van der Waals surface area contributed by atoms with Crippen LogP contribution in [-0.2, 0) is 6.54 Å². The van der Waals surface area contributed by atoms with Crippen LogP contribution in [0.1, 0.15) is 11.1 Å². The highest BCUT2D eigenvalue weighted by Gasteiger charge is 2.13. The Kier molecular flexibility index (Phi) is 4.45. The van der Waals surface area contributed by atoms with Gasteiger partial charge in [-0.2, -0.15) is 10.1 Å². The van der Waals surface area contributed by atoms with Gasteiger partial charge < -0.3 is 20.1 Å². The Labute approximate surface area is 155 Å². The molecule has 4 rings (SSSR count). The molecule has 3 aromatic rings. The van der Waals surface area contributed by atoms with Crippen LogP contribution in [0.4, 0.5) is 17.5 Å². The summed E-state index contributed by atoms with van der Waals surface area (Å²) in [7, 11) is 0. The molecule has 2 N–H and O–H groups in total. The highest BCUT2D eigenvalue weighted by molar-refractivity contribution is 6.31. The van der Waals surface area contributed by atoms with Gasteiger partial charge in [0.2, 0.25) is 12.7 Å². The summed E-state index contributed by atoms with van der Waals surface area (Å²) < 4.78 is 10.7. The van der Waals surface area contributed by atoms with E-state index in [9.17, 15) is 0 Å². The van der Waals surface area contributed by atoms with Crippen molar-refractivity contribution in [2.75, 3.05) is 17.4 Å². The molecular formula is C18H16ClN5O2. The second-order valence-electron chi connectivity index (χ2n) is 5.74. The van der Waals surface area contributed by atoms with Crippen LogP contribution >= 0.6 is 11.6 Å². The van der Waals surface area contributed by atoms with Crippen molar-refractivity contribution >= 4 is 29.1 Å². The Morgan fingerprint density at radius 2 is 2.04 bits per heavy atom. The van der Waals surface area contributed by atoms with Crippen LogP contribution in [0.2, 0.25) is 5.02 Å². The normalized spacial score (nSPS) is 12.1. The molecule has 2 heterocycles. The predicted molar refractivity (Wildman–Crippen MR) is 99.2 cm³/mol. The van der Waals surface area contributed by atoms with E-state index in [2.05, 4.69) is 25.8 Å². The summed E-state index contributed by atoms with van der Waals surface area (Å²) >= 11 is 6.15. The minimum atomic E-state index is 0.260. The van der Waals surface area contributed by atoms with E-state index in [-0.39, 0.29) is 6.79 Å². The van der Waals surface area contributed by atoms with Crippen LogP contribution in [0, 0.1) is 6.92 Å². The van der Waals surface area contributed by atoms with Crippen molar-refractivity contribution in [1.29, 1.82) is 0 Å². The number of rotatable bonds is 5. The van der Waals surface area contributed by atoms with Gasteiger partial charge in [-0.3, -0.25) is 0 Å². The maximum absolute atomic E-state index is 6.15. The fraction of sp³-hybridized carbons (Fsp3) is 0.167. The summed E-state index contributed by atoms with van der Waals surface area (Å²) in [5.41, 5.74) is 2.85. The monoisotopic (exact) mass is 369 g/mol. The molecule has 0 amide bonds. The first-order valence-corrected chi connectivity index (χ1v) is 8.41. The van der Waals surface area contributed by atoms with Gasteiger partial charge in [-0.05, 0) is 42.3 Å². The Bertz CT molecular complexity index is 951. The largest absolute Gasteiger partial charge is 0.454 e. The Hall–Kier alpha value is -3.06. The Morgan fingerprint density at radius 3 is 2.96 bits per heavy atom. The highest BCUT2D eigenvalue weighted by Crippen LogP contribution is 2.32. The second-order valence-corrected chi connectivity index (χ2v) is 6.15. The fourth-order valence-electron chi connectivity index (χ4n) is 2.55. The topological polar surface area (TPSA) is 81.2 Å². The van der Waals surface area contributed by atoms with Gasteiger partial charge in [0.15, 0.2) is 17.3 Å². The van der Waals surface area contributed by atoms with Gasteiger partial charge in [0.1, 0.15) is 0 Å². The number of nitrogens with one attached hydrogen (secondary N) is 2. The average molecular weight is 370 g/mol. The lowest BCUT2D eigenvalue weighted by Crippen LogP contribution is -2.06. The molecule has 0 spiro atoms. The molecule has 0 fully saturated rings. The Balaban J connectivity index is 1.45. The molecule has 2 aromatic carbocycles. The number of aromatic nitrogens is 3. The van der Waals surface area contributed by atoms with Gasteiger partial charge in [0.25, 0.3) is 0 Å². The molecule has 0 radical (unpaired) electrons. The number of halogens is 1. The summed E-state index contributed by atoms with van der Waals surface area (Å²) in [5.74, 6) is 2.51. The third kappa shape index (κ3) is 3.48. The maximum Gasteiger partial charge on any atom is 0.244 e. The first-order valence-electron chi connectivity index (χ1n) is 8.03. The predicted octanol–water partition coefficient (Wildman–Crippen LogP) is 3.92. The summed E-state index contributed by atoms with van der Waals surface area (Å²) in [6.45, 7) is 2.74. The van der Waals surface area contributed by atoms with Crippen molar-refractivity contribution in [3.8, 4) is 11.5 Å². The minimum Gasteiger partial charge on any atom is -0.454 e. The van der Waals surface area contributed by atoms with Crippen molar-refractivity contribution in [1.82, 2.24) is 15.2 Å². The van der Waals surface area contributed by atoms with Crippen LogP contribution in [0.3, 0.4) is 0 Å². The zero-order valence-electron chi connectivity index (χ0n) is 14.0. The summed E-state index contributed by atoms with van der Waals surface area (Å²) in [6.07, 6.45) is 1.56. The quantitative estimate of drug-likeness (QED) is 0.705. The van der Waals surface area contributed by atoms with Gasteiger partial charge in [-0.15, -0.1) is 5.10 Å². The van der Waals surface area contributed by atoms with Crippen molar-refractivity contribution < 1.29 is 9.47 Å². The van der Waals surface area contributed by atoms with Crippen LogP contribution < -0.4 is 20.1 Å². The van der Waals surface area contributed by atoms with E-state index in [0.29, 0.717) is 23.3 Å². The van der Waals surface area contributed by atoms with Crippen LogP contribution in [0.25, 0.3) is 0 Å². The van der Waals surface area contributed by atoms with Gasteiger partial charge in [-0.25, -0.2) is 0 Å². The van der Waals surface area contributed by atoms with Gasteiger partial charge in [0, 0.05) is 17.3 Å². The molecule has 26 heavy (non-hydrogen) atoms. The summed E-state index contributed by atoms with van der Waals surface area (Å²) in [6, 6.07) is 11.4. The van der Waals surface area contributed by atoms with E-state index < -0.39 is 0 Å². The van der Waals surface area contributed by atoms with E-state index >= 15 is 0 Å². The van der Waals surface area contributed by atoms with Gasteiger partial charge >= 0.3 is 0 Å². The average Bonchev–Trinajstić information content (AvgIpc) is 3.12. The van der Waals surface area contributed by atoms with Crippen molar-refractivity contribution in [3.05, 3.63) is 58.7 Å². The first-order chi connectivity index (χ1) is 12.7. The third-order valence-corrected chi connectivity index (χ3v) is 4.39. The molecule has 0 aliphatic carbocycles. The summed E-state index contributed by atoms with van der Waals surface area (Å²) in [4.78, 5) is 4.43.